The van der Waals surface area contributed by atoms with Crippen LogP contribution in [0.1, 0.15) is 12.5 Å². The molecule has 6 nitrogen and oxygen atoms in total. The van der Waals surface area contributed by atoms with Gasteiger partial charge in [0.25, 0.3) is 0 Å². The van der Waals surface area contributed by atoms with E-state index in [4.69, 9.17) is 26.4 Å². The molecule has 0 aromatic heterocycles. The molecule has 0 radical (unpaired) electrons. The van der Waals surface area contributed by atoms with E-state index in [0.717, 1.165) is 5.56 Å². The molecule has 0 aliphatic carbocycles. The number of terminal acetylenes is 1. The topological polar surface area (TPSA) is 78.1 Å². The number of aliphatic imine (C=N–C) groups is 1. The van der Waals surface area contributed by atoms with Gasteiger partial charge >= 0.3 is 0 Å². The number of guanidine groups is 1. The standard InChI is InChI=1S/C16H23N3O3/c1-5-8-22-15-9-13(6-7-14(15)21-4)10-18-16(17)19-12(2)11-20-3/h1,6-7,9,12H,8,10-11H2,2-4H3,(H3,17,18,19). The molecule has 0 spiro atoms. The summed E-state index contributed by atoms with van der Waals surface area (Å²) in [7, 11) is 3.22. The number of hydrogen-bond acceptors (Lipinski definition) is 4. The van der Waals surface area contributed by atoms with E-state index in [0.29, 0.717) is 30.6 Å². The predicted octanol–water partition coefficient (Wildman–Crippen LogP) is 1.15. The lowest BCUT2D eigenvalue weighted by atomic mass is 10.2. The largest absolute Gasteiger partial charge is 0.493 e. The Hall–Kier alpha value is -2.39. The second kappa shape index (κ2) is 9.53. The Morgan fingerprint density at radius 1 is 1.41 bits per heavy atom. The highest BCUT2D eigenvalue weighted by Crippen LogP contribution is 2.28. The Bertz CT molecular complexity index is 538. The van der Waals surface area contributed by atoms with Gasteiger partial charge in [-0.2, -0.15) is 0 Å². The van der Waals surface area contributed by atoms with Crippen molar-refractivity contribution in [2.75, 3.05) is 27.4 Å². The van der Waals surface area contributed by atoms with Gasteiger partial charge < -0.3 is 25.3 Å². The normalized spacial score (nSPS) is 12.4. The number of nitrogens with two attached hydrogens (primary N) is 1. The van der Waals surface area contributed by atoms with Crippen LogP contribution in [0.2, 0.25) is 0 Å². The Balaban J connectivity index is 2.71. The quantitative estimate of drug-likeness (QED) is 0.428. The lowest BCUT2D eigenvalue weighted by Gasteiger charge is -2.13. The summed E-state index contributed by atoms with van der Waals surface area (Å²) in [5, 5.41) is 3.04. The van der Waals surface area contributed by atoms with Gasteiger partial charge in [0.15, 0.2) is 17.5 Å². The van der Waals surface area contributed by atoms with Crippen molar-refractivity contribution in [3.8, 4) is 23.8 Å². The van der Waals surface area contributed by atoms with E-state index in [1.54, 1.807) is 14.2 Å². The highest BCUT2D eigenvalue weighted by molar-refractivity contribution is 5.78. The summed E-state index contributed by atoms with van der Waals surface area (Å²) in [5.41, 5.74) is 6.77. The summed E-state index contributed by atoms with van der Waals surface area (Å²) in [4.78, 5) is 4.28. The first-order valence-corrected chi connectivity index (χ1v) is 6.89. The van der Waals surface area contributed by atoms with Gasteiger partial charge in [0, 0.05) is 13.2 Å². The molecule has 6 heteroatoms. The van der Waals surface area contributed by atoms with E-state index >= 15 is 0 Å². The molecule has 22 heavy (non-hydrogen) atoms. The predicted molar refractivity (Wildman–Crippen MR) is 87.1 cm³/mol. The average molecular weight is 305 g/mol. The summed E-state index contributed by atoms with van der Waals surface area (Å²) in [6.45, 7) is 3.13. The highest BCUT2D eigenvalue weighted by atomic mass is 16.5. The van der Waals surface area contributed by atoms with Crippen LogP contribution >= 0.6 is 0 Å². The van der Waals surface area contributed by atoms with Crippen molar-refractivity contribution in [3.63, 3.8) is 0 Å². The Kier molecular flexibility index (Phi) is 7.65. The second-order valence-electron chi connectivity index (χ2n) is 4.68. The number of ether oxygens (including phenoxy) is 3. The lowest BCUT2D eigenvalue weighted by Crippen LogP contribution is -2.40. The first-order valence-electron chi connectivity index (χ1n) is 6.89. The minimum Gasteiger partial charge on any atom is -0.493 e. The van der Waals surface area contributed by atoms with Crippen LogP contribution in [0.25, 0.3) is 0 Å². The zero-order valence-corrected chi connectivity index (χ0v) is 13.3. The minimum absolute atomic E-state index is 0.0964. The number of benzene rings is 1. The average Bonchev–Trinajstić information content (AvgIpc) is 2.51. The van der Waals surface area contributed by atoms with E-state index in [2.05, 4.69) is 16.2 Å². The van der Waals surface area contributed by atoms with Gasteiger partial charge in [0.05, 0.1) is 20.3 Å². The fourth-order valence-corrected chi connectivity index (χ4v) is 1.82. The molecule has 3 N–H and O–H groups in total. The number of nitrogens with zero attached hydrogens (tertiary/aromatic N) is 1. The second-order valence-corrected chi connectivity index (χ2v) is 4.68. The fraction of sp³-hybridized carbons (Fsp3) is 0.438. The van der Waals surface area contributed by atoms with Crippen molar-refractivity contribution in [1.82, 2.24) is 5.32 Å². The molecule has 0 heterocycles. The van der Waals surface area contributed by atoms with E-state index < -0.39 is 0 Å². The molecule has 0 aliphatic rings. The number of rotatable bonds is 8. The monoisotopic (exact) mass is 305 g/mol. The fourth-order valence-electron chi connectivity index (χ4n) is 1.82. The van der Waals surface area contributed by atoms with E-state index in [1.165, 1.54) is 0 Å². The SMILES string of the molecule is C#CCOc1cc(CN=C(N)NC(C)COC)ccc1OC. The molecule has 0 bridgehead atoms. The first-order chi connectivity index (χ1) is 10.6. The minimum atomic E-state index is 0.0964. The molecule has 0 saturated heterocycles. The molecule has 1 rings (SSSR count). The van der Waals surface area contributed by atoms with Gasteiger partial charge in [0.1, 0.15) is 6.61 Å². The van der Waals surface area contributed by atoms with E-state index in [9.17, 15) is 0 Å². The molecule has 120 valence electrons. The van der Waals surface area contributed by atoms with Gasteiger partial charge in [-0.05, 0) is 24.6 Å². The van der Waals surface area contributed by atoms with Gasteiger partial charge in [-0.15, -0.1) is 6.42 Å². The number of methoxy groups -OCH3 is 2. The maximum absolute atomic E-state index is 5.83. The zero-order valence-electron chi connectivity index (χ0n) is 13.3. The van der Waals surface area contributed by atoms with Gasteiger partial charge in [-0.3, -0.25) is 0 Å². The van der Waals surface area contributed by atoms with Crippen LogP contribution in [0, 0.1) is 12.3 Å². The van der Waals surface area contributed by atoms with Crippen LogP contribution in [0.4, 0.5) is 0 Å². The molecular weight excluding hydrogens is 282 g/mol. The van der Waals surface area contributed by atoms with Gasteiger partial charge in [-0.25, -0.2) is 4.99 Å². The van der Waals surface area contributed by atoms with Gasteiger partial charge in [-0.1, -0.05) is 12.0 Å². The maximum atomic E-state index is 5.83. The van der Waals surface area contributed by atoms with E-state index in [-0.39, 0.29) is 12.6 Å². The number of hydrogen-bond donors (Lipinski definition) is 2. The molecule has 1 unspecified atom stereocenters. The molecular formula is C16H23N3O3. The first kappa shape index (κ1) is 17.7. The summed E-state index contributed by atoms with van der Waals surface area (Å²) in [6.07, 6.45) is 5.20. The van der Waals surface area contributed by atoms with Crippen molar-refractivity contribution in [2.45, 2.75) is 19.5 Å². The summed E-state index contributed by atoms with van der Waals surface area (Å²) < 4.78 is 15.7. The van der Waals surface area contributed by atoms with Crippen LogP contribution in [-0.4, -0.2) is 39.4 Å². The zero-order chi connectivity index (χ0) is 16.4. The van der Waals surface area contributed by atoms with Crippen LogP contribution < -0.4 is 20.5 Å². The third-order valence-electron chi connectivity index (χ3n) is 2.78. The van der Waals surface area contributed by atoms with Crippen molar-refractivity contribution in [1.29, 1.82) is 0 Å². The van der Waals surface area contributed by atoms with Gasteiger partial charge in [0.2, 0.25) is 0 Å². The number of nitrogens with one attached hydrogen (secondary N) is 1. The van der Waals surface area contributed by atoms with Crippen LogP contribution in [-0.2, 0) is 11.3 Å². The molecule has 0 fully saturated rings. The van der Waals surface area contributed by atoms with Crippen molar-refractivity contribution >= 4 is 5.96 Å². The third-order valence-corrected chi connectivity index (χ3v) is 2.78. The Morgan fingerprint density at radius 2 is 2.18 bits per heavy atom. The molecule has 1 atom stereocenters. The molecule has 1 aromatic carbocycles. The lowest BCUT2D eigenvalue weighted by molar-refractivity contribution is 0.179. The Labute approximate surface area is 131 Å². The summed E-state index contributed by atoms with van der Waals surface area (Å²) in [6, 6.07) is 5.65. The van der Waals surface area contributed by atoms with Crippen molar-refractivity contribution in [2.24, 2.45) is 10.7 Å². The third kappa shape index (κ3) is 5.94. The smallest absolute Gasteiger partial charge is 0.189 e. The highest BCUT2D eigenvalue weighted by Gasteiger charge is 2.06. The molecule has 0 saturated carbocycles. The summed E-state index contributed by atoms with van der Waals surface area (Å²) in [5.74, 6) is 4.01. The Morgan fingerprint density at radius 3 is 2.82 bits per heavy atom. The van der Waals surface area contributed by atoms with E-state index in [1.807, 2.05) is 25.1 Å². The summed E-state index contributed by atoms with van der Waals surface area (Å²) >= 11 is 0. The van der Waals surface area contributed by atoms with Crippen LogP contribution in [0.3, 0.4) is 0 Å². The maximum Gasteiger partial charge on any atom is 0.189 e. The van der Waals surface area contributed by atoms with Crippen molar-refractivity contribution in [3.05, 3.63) is 23.8 Å². The van der Waals surface area contributed by atoms with Crippen molar-refractivity contribution < 1.29 is 14.2 Å². The van der Waals surface area contributed by atoms with Crippen LogP contribution in [0.5, 0.6) is 11.5 Å². The molecule has 0 aliphatic heterocycles. The van der Waals surface area contributed by atoms with Crippen LogP contribution in [0.15, 0.2) is 23.2 Å². The molecule has 0 amide bonds. The molecule has 1 aromatic rings.